The average molecular weight is 406 g/mol. The number of hydrogen-bond donors (Lipinski definition) is 1. The molecule has 1 aromatic carbocycles. The van der Waals surface area contributed by atoms with Gasteiger partial charge < -0.3 is 14.7 Å². The van der Waals surface area contributed by atoms with Crippen molar-refractivity contribution in [2.24, 2.45) is 5.92 Å². The van der Waals surface area contributed by atoms with Gasteiger partial charge >= 0.3 is 6.01 Å². The summed E-state index contributed by atoms with van der Waals surface area (Å²) in [6.07, 6.45) is 5.54. The lowest BCUT2D eigenvalue weighted by molar-refractivity contribution is 0.0778. The average Bonchev–Trinajstić information content (AvgIpc) is 3.24. The molecule has 1 aliphatic rings. The molecule has 0 amide bonds. The Balaban J connectivity index is 1.57. The number of aromatic nitrogens is 3. The highest BCUT2D eigenvalue weighted by Gasteiger charge is 2.22. The van der Waals surface area contributed by atoms with Crippen LogP contribution in [0.15, 0.2) is 36.7 Å². The second-order valence-electron chi connectivity index (χ2n) is 8.08. The van der Waals surface area contributed by atoms with Crippen molar-refractivity contribution in [1.29, 1.82) is 0 Å². The molecule has 1 fully saturated rings. The Bertz CT molecular complexity index is 1050. The van der Waals surface area contributed by atoms with Gasteiger partial charge in [-0.05, 0) is 38.8 Å². The molecule has 2 aromatic heterocycles. The van der Waals surface area contributed by atoms with E-state index in [1.807, 2.05) is 36.6 Å². The number of rotatable bonds is 6. The fourth-order valence-electron chi connectivity index (χ4n) is 4.17. The first-order valence-corrected chi connectivity index (χ1v) is 10.4. The van der Waals surface area contributed by atoms with Gasteiger partial charge in [0.25, 0.3) is 0 Å². The van der Waals surface area contributed by atoms with Gasteiger partial charge in [0.15, 0.2) is 5.69 Å². The molecule has 1 aliphatic heterocycles. The second-order valence-corrected chi connectivity index (χ2v) is 8.08. The van der Waals surface area contributed by atoms with Crippen molar-refractivity contribution in [3.63, 3.8) is 0 Å². The van der Waals surface area contributed by atoms with Crippen LogP contribution in [0.25, 0.3) is 21.7 Å². The molecule has 1 saturated heterocycles. The van der Waals surface area contributed by atoms with Gasteiger partial charge in [-0.15, -0.1) is 0 Å². The van der Waals surface area contributed by atoms with Gasteiger partial charge in [0.2, 0.25) is 0 Å². The van der Waals surface area contributed by atoms with Gasteiger partial charge in [-0.2, -0.15) is 4.98 Å². The van der Waals surface area contributed by atoms with Crippen LogP contribution >= 0.6 is 0 Å². The monoisotopic (exact) mass is 405 g/mol. The Morgan fingerprint density at radius 2 is 2.13 bits per heavy atom. The lowest BCUT2D eigenvalue weighted by Gasteiger charge is -2.33. The summed E-state index contributed by atoms with van der Waals surface area (Å²) in [5.41, 5.74) is 4.16. The molecule has 0 radical (unpaired) electrons. The Kier molecular flexibility index (Phi) is 5.98. The van der Waals surface area contributed by atoms with E-state index < -0.39 is 0 Å². The van der Waals surface area contributed by atoms with E-state index in [2.05, 4.69) is 14.7 Å². The van der Waals surface area contributed by atoms with Crippen LogP contribution in [0.5, 0.6) is 6.01 Å². The summed E-state index contributed by atoms with van der Waals surface area (Å²) in [4.78, 5) is 15.1. The number of piperidine rings is 1. The first-order chi connectivity index (χ1) is 14.5. The Morgan fingerprint density at radius 3 is 2.87 bits per heavy atom. The summed E-state index contributed by atoms with van der Waals surface area (Å²) in [5, 5.41) is 9.68. The molecule has 7 nitrogen and oxygen atoms in total. The molecule has 0 spiro atoms. The molecule has 7 heteroatoms. The van der Waals surface area contributed by atoms with Crippen molar-refractivity contribution < 1.29 is 9.84 Å². The molecule has 3 heterocycles. The third kappa shape index (κ3) is 4.30. The van der Waals surface area contributed by atoms with E-state index in [9.17, 15) is 5.11 Å². The predicted molar refractivity (Wildman–Crippen MR) is 116 cm³/mol. The quantitative estimate of drug-likeness (QED) is 0.633. The third-order valence-corrected chi connectivity index (χ3v) is 5.59. The van der Waals surface area contributed by atoms with Crippen LogP contribution < -0.4 is 4.74 Å². The van der Waals surface area contributed by atoms with Crippen LogP contribution in [0, 0.1) is 19.4 Å². The molecule has 0 aliphatic carbocycles. The smallest absolute Gasteiger partial charge is 0.302 e. The number of fused-ring (bicyclic) bond motifs is 1. The Hall–Kier alpha value is -2.95. The van der Waals surface area contributed by atoms with E-state index in [1.165, 1.54) is 0 Å². The van der Waals surface area contributed by atoms with E-state index in [-0.39, 0.29) is 6.10 Å². The summed E-state index contributed by atoms with van der Waals surface area (Å²) < 4.78 is 8.10. The number of ether oxygens (including phenoxy) is 1. The van der Waals surface area contributed by atoms with Gasteiger partial charge in [-0.25, -0.2) is 9.83 Å². The number of nitrogens with zero attached hydrogens (tertiary/aromatic N) is 5. The normalized spacial score (nSPS) is 18.3. The van der Waals surface area contributed by atoms with Crippen LogP contribution in [0.4, 0.5) is 5.69 Å². The molecule has 4 rings (SSSR count). The minimum atomic E-state index is -0.314. The summed E-state index contributed by atoms with van der Waals surface area (Å²) >= 11 is 0. The lowest BCUT2D eigenvalue weighted by Crippen LogP contribution is -2.41. The van der Waals surface area contributed by atoms with Crippen molar-refractivity contribution in [1.82, 2.24) is 19.3 Å². The zero-order valence-corrected chi connectivity index (χ0v) is 17.5. The molecule has 30 heavy (non-hydrogen) atoms. The number of likely N-dealkylation sites (tertiary alicyclic amines) is 1. The summed E-state index contributed by atoms with van der Waals surface area (Å²) in [7, 11) is 0. The number of imidazole rings is 1. The van der Waals surface area contributed by atoms with Crippen LogP contribution in [-0.2, 0) is 0 Å². The Labute approximate surface area is 176 Å². The van der Waals surface area contributed by atoms with Crippen molar-refractivity contribution >= 4 is 11.3 Å². The summed E-state index contributed by atoms with van der Waals surface area (Å²) in [5.74, 6) is 0.403. The standard InChI is InChI=1S/C23H27N5O2/c1-16(29)13-27-11-4-5-18(14-27)15-30-23-26-21(17(2)22-25-10-12-28(22)23)19-6-8-20(24-3)9-7-19/h6-10,12,16,18,29H,4-5,11,13-15H2,1-2H3/t16-,18?/m1/s1. The van der Waals surface area contributed by atoms with Gasteiger partial charge in [0.05, 0.1) is 25.0 Å². The van der Waals surface area contributed by atoms with Crippen molar-refractivity contribution in [2.45, 2.75) is 32.8 Å². The number of hydrogen-bond acceptors (Lipinski definition) is 5. The van der Waals surface area contributed by atoms with Crippen LogP contribution in [0.3, 0.4) is 0 Å². The van der Waals surface area contributed by atoms with Crippen molar-refractivity contribution in [2.75, 3.05) is 26.2 Å². The van der Waals surface area contributed by atoms with Crippen LogP contribution in [0.1, 0.15) is 25.3 Å². The maximum absolute atomic E-state index is 9.68. The highest BCUT2D eigenvalue weighted by molar-refractivity contribution is 5.71. The van der Waals surface area contributed by atoms with Crippen LogP contribution in [-0.4, -0.2) is 56.7 Å². The van der Waals surface area contributed by atoms with Gasteiger partial charge in [0.1, 0.15) is 5.65 Å². The van der Waals surface area contributed by atoms with Gasteiger partial charge in [-0.1, -0.05) is 24.3 Å². The zero-order chi connectivity index (χ0) is 21.1. The Morgan fingerprint density at radius 1 is 1.33 bits per heavy atom. The first-order valence-electron chi connectivity index (χ1n) is 10.4. The fraction of sp³-hybridized carbons (Fsp3) is 0.435. The predicted octanol–water partition coefficient (Wildman–Crippen LogP) is 3.73. The van der Waals surface area contributed by atoms with E-state index >= 15 is 0 Å². The molecule has 3 aromatic rings. The SMILES string of the molecule is [C-]#[N+]c1ccc(-c2nc(OCC3CCCN(C[C@@H](C)O)C3)n3ccnc3c2C)cc1. The topological polar surface area (TPSA) is 67.2 Å². The summed E-state index contributed by atoms with van der Waals surface area (Å²) in [6.45, 7) is 14.2. The van der Waals surface area contributed by atoms with E-state index in [0.717, 1.165) is 48.4 Å². The molecular formula is C23H27N5O2. The zero-order valence-electron chi connectivity index (χ0n) is 17.5. The van der Waals surface area contributed by atoms with E-state index in [1.54, 1.807) is 18.3 Å². The highest BCUT2D eigenvalue weighted by atomic mass is 16.5. The van der Waals surface area contributed by atoms with Crippen molar-refractivity contribution in [3.05, 3.63) is 53.6 Å². The molecule has 2 atom stereocenters. The molecule has 0 saturated carbocycles. The number of aliphatic hydroxyl groups is 1. The summed E-state index contributed by atoms with van der Waals surface area (Å²) in [6, 6.07) is 7.98. The minimum Gasteiger partial charge on any atom is -0.464 e. The van der Waals surface area contributed by atoms with Gasteiger partial charge in [0, 0.05) is 37.0 Å². The van der Waals surface area contributed by atoms with Crippen LogP contribution in [0.2, 0.25) is 0 Å². The van der Waals surface area contributed by atoms with E-state index in [4.69, 9.17) is 16.3 Å². The minimum absolute atomic E-state index is 0.314. The molecule has 1 unspecified atom stereocenters. The van der Waals surface area contributed by atoms with Gasteiger partial charge in [-0.3, -0.25) is 4.40 Å². The maximum atomic E-state index is 9.68. The number of aryl methyl sites for hydroxylation is 1. The largest absolute Gasteiger partial charge is 0.464 e. The molecule has 1 N–H and O–H groups in total. The maximum Gasteiger partial charge on any atom is 0.302 e. The van der Waals surface area contributed by atoms with Crippen molar-refractivity contribution in [3.8, 4) is 17.3 Å². The molecular weight excluding hydrogens is 378 g/mol. The fourth-order valence-corrected chi connectivity index (χ4v) is 4.17. The lowest BCUT2D eigenvalue weighted by atomic mass is 9.99. The molecule has 0 bridgehead atoms. The highest BCUT2D eigenvalue weighted by Crippen LogP contribution is 2.29. The third-order valence-electron chi connectivity index (χ3n) is 5.59. The number of β-amino-alcohol motifs (C(OH)–C–C–N with tert-alkyl or cyclic N) is 1. The number of benzene rings is 1. The first kappa shape index (κ1) is 20.3. The van der Waals surface area contributed by atoms with E-state index in [0.29, 0.717) is 30.8 Å². The number of aliphatic hydroxyl groups excluding tert-OH is 1. The molecule has 156 valence electrons. The second kappa shape index (κ2) is 8.82.